The maximum absolute atomic E-state index is 12.9. The van der Waals surface area contributed by atoms with Crippen molar-refractivity contribution < 1.29 is 13.2 Å². The largest absolute Gasteiger partial charge is 0.411 e. The van der Waals surface area contributed by atoms with Crippen LogP contribution >= 0.6 is 11.6 Å². The van der Waals surface area contributed by atoms with E-state index in [4.69, 9.17) is 11.6 Å². The summed E-state index contributed by atoms with van der Waals surface area (Å²) >= 11 is 5.83. The fourth-order valence-electron chi connectivity index (χ4n) is 2.10. The zero-order valence-electron chi connectivity index (χ0n) is 10.5. The molecule has 0 spiro atoms. The fraction of sp³-hybridized carbons (Fsp3) is 0.667. The van der Waals surface area contributed by atoms with Crippen LogP contribution in [-0.2, 0) is 6.54 Å². The van der Waals surface area contributed by atoms with Gasteiger partial charge >= 0.3 is 6.18 Å². The molecule has 0 atom stereocenters. The summed E-state index contributed by atoms with van der Waals surface area (Å²) in [5.74, 6) is 0.395. The molecule has 0 amide bonds. The van der Waals surface area contributed by atoms with Gasteiger partial charge in [0.1, 0.15) is 11.2 Å². The summed E-state index contributed by atoms with van der Waals surface area (Å²) in [7, 11) is 0. The molecule has 1 N–H and O–H groups in total. The van der Waals surface area contributed by atoms with Gasteiger partial charge in [-0.2, -0.15) is 18.3 Å². The number of nitrogens with one attached hydrogen (secondary N) is 1. The molecule has 2 aliphatic carbocycles. The third-order valence-electron chi connectivity index (χ3n) is 3.78. The van der Waals surface area contributed by atoms with Crippen LogP contribution < -0.4 is 10.9 Å². The molecule has 2 aliphatic rings. The summed E-state index contributed by atoms with van der Waals surface area (Å²) < 4.78 is 40.0. The lowest BCUT2D eigenvalue weighted by atomic mass is 10.2. The van der Waals surface area contributed by atoms with Crippen LogP contribution in [0.1, 0.15) is 25.7 Å². The van der Waals surface area contributed by atoms with Crippen LogP contribution in [0.15, 0.2) is 11.0 Å². The monoisotopic (exact) mass is 307 g/mol. The SMILES string of the molecule is O=c1c(NC2(C(F)(F)F)CC2)c(Cl)cnn1CC1CC1. The molecular weight excluding hydrogens is 295 g/mol. The Bertz CT molecular complexity index is 591. The van der Waals surface area contributed by atoms with E-state index < -0.39 is 17.3 Å². The lowest BCUT2D eigenvalue weighted by Gasteiger charge is -2.22. The number of anilines is 1. The van der Waals surface area contributed by atoms with Gasteiger partial charge in [0.15, 0.2) is 0 Å². The van der Waals surface area contributed by atoms with Crippen LogP contribution in [0.5, 0.6) is 0 Å². The van der Waals surface area contributed by atoms with E-state index in [0.717, 1.165) is 12.8 Å². The predicted octanol–water partition coefficient (Wildman–Crippen LogP) is 2.81. The Kier molecular flexibility index (Phi) is 3.00. The molecule has 0 bridgehead atoms. The molecule has 0 radical (unpaired) electrons. The number of nitrogens with zero attached hydrogens (tertiary/aromatic N) is 2. The van der Waals surface area contributed by atoms with Crippen LogP contribution in [0.3, 0.4) is 0 Å². The predicted molar refractivity (Wildman–Crippen MR) is 67.9 cm³/mol. The number of hydrogen-bond donors (Lipinski definition) is 1. The maximum Gasteiger partial charge on any atom is 0.411 e. The van der Waals surface area contributed by atoms with Crippen molar-refractivity contribution in [2.45, 2.75) is 43.9 Å². The summed E-state index contributed by atoms with van der Waals surface area (Å²) in [4.78, 5) is 12.2. The van der Waals surface area contributed by atoms with E-state index in [0.29, 0.717) is 12.5 Å². The van der Waals surface area contributed by atoms with Crippen molar-refractivity contribution in [1.82, 2.24) is 9.78 Å². The number of halogens is 4. The molecule has 0 saturated heterocycles. The molecule has 0 unspecified atom stereocenters. The second kappa shape index (κ2) is 4.38. The van der Waals surface area contributed by atoms with Crippen LogP contribution in [0.2, 0.25) is 5.02 Å². The smallest absolute Gasteiger partial charge is 0.366 e. The summed E-state index contributed by atoms with van der Waals surface area (Å²) in [6, 6.07) is 0. The van der Waals surface area contributed by atoms with Crippen molar-refractivity contribution in [2.24, 2.45) is 5.92 Å². The molecule has 20 heavy (non-hydrogen) atoms. The van der Waals surface area contributed by atoms with Crippen molar-refractivity contribution in [3.8, 4) is 0 Å². The normalized spacial score (nSPS) is 20.8. The Morgan fingerprint density at radius 3 is 2.60 bits per heavy atom. The third-order valence-corrected chi connectivity index (χ3v) is 4.07. The lowest BCUT2D eigenvalue weighted by molar-refractivity contribution is -0.151. The first kappa shape index (κ1) is 13.7. The van der Waals surface area contributed by atoms with Gasteiger partial charge < -0.3 is 5.32 Å². The van der Waals surface area contributed by atoms with Crippen molar-refractivity contribution >= 4 is 17.3 Å². The Hall–Kier alpha value is -1.24. The van der Waals surface area contributed by atoms with Gasteiger partial charge in [-0.05, 0) is 31.6 Å². The molecule has 0 aromatic carbocycles. The minimum absolute atomic E-state index is 0.0444. The molecule has 2 fully saturated rings. The third kappa shape index (κ3) is 2.39. The van der Waals surface area contributed by atoms with Crippen molar-refractivity contribution in [1.29, 1.82) is 0 Å². The van der Waals surface area contributed by atoms with E-state index in [1.54, 1.807) is 0 Å². The summed E-state index contributed by atoms with van der Waals surface area (Å²) in [6.45, 7) is 0.434. The highest BCUT2D eigenvalue weighted by molar-refractivity contribution is 6.33. The molecule has 8 heteroatoms. The van der Waals surface area contributed by atoms with E-state index in [9.17, 15) is 18.0 Å². The Balaban J connectivity index is 1.91. The highest BCUT2D eigenvalue weighted by Crippen LogP contribution is 2.51. The first-order valence-electron chi connectivity index (χ1n) is 6.43. The van der Waals surface area contributed by atoms with Gasteiger partial charge in [0.25, 0.3) is 5.56 Å². The summed E-state index contributed by atoms with van der Waals surface area (Å²) in [6.07, 6.45) is -1.22. The van der Waals surface area contributed by atoms with Crippen molar-refractivity contribution in [3.63, 3.8) is 0 Å². The topological polar surface area (TPSA) is 46.9 Å². The Morgan fingerprint density at radius 1 is 1.45 bits per heavy atom. The van der Waals surface area contributed by atoms with Crippen molar-refractivity contribution in [3.05, 3.63) is 21.6 Å². The second-order valence-electron chi connectivity index (χ2n) is 5.50. The van der Waals surface area contributed by atoms with E-state index in [-0.39, 0.29) is 23.6 Å². The minimum atomic E-state index is -4.40. The number of hydrogen-bond acceptors (Lipinski definition) is 3. The van der Waals surface area contributed by atoms with Crippen molar-refractivity contribution in [2.75, 3.05) is 5.32 Å². The van der Waals surface area contributed by atoms with E-state index in [1.165, 1.54) is 10.9 Å². The van der Waals surface area contributed by atoms with Crippen LogP contribution in [0.4, 0.5) is 18.9 Å². The van der Waals surface area contributed by atoms with Crippen LogP contribution in [0.25, 0.3) is 0 Å². The molecule has 1 aromatic heterocycles. The van der Waals surface area contributed by atoms with Gasteiger partial charge in [-0.15, -0.1) is 0 Å². The molecule has 0 aliphatic heterocycles. The van der Waals surface area contributed by atoms with Gasteiger partial charge in [-0.3, -0.25) is 4.79 Å². The zero-order chi connectivity index (χ0) is 14.5. The van der Waals surface area contributed by atoms with Gasteiger partial charge in [-0.1, -0.05) is 11.6 Å². The standard InChI is InChI=1S/C12H13ClF3N3O/c13-8-5-17-19(6-7-1-2-7)10(20)9(8)18-11(3-4-11)12(14,15)16/h5,7,18H,1-4,6H2. The molecule has 3 rings (SSSR count). The zero-order valence-corrected chi connectivity index (χ0v) is 11.3. The highest BCUT2D eigenvalue weighted by Gasteiger charge is 2.64. The molecule has 1 heterocycles. The van der Waals surface area contributed by atoms with E-state index >= 15 is 0 Å². The quantitative estimate of drug-likeness (QED) is 0.930. The highest BCUT2D eigenvalue weighted by atomic mass is 35.5. The average molecular weight is 308 g/mol. The Labute approximate surface area is 117 Å². The maximum atomic E-state index is 12.9. The minimum Gasteiger partial charge on any atom is -0.366 e. The fourth-order valence-corrected chi connectivity index (χ4v) is 2.27. The van der Waals surface area contributed by atoms with Crippen LogP contribution in [-0.4, -0.2) is 21.5 Å². The molecular formula is C12H13ClF3N3O. The summed E-state index contributed by atoms with van der Waals surface area (Å²) in [5.41, 5.74) is -2.79. The second-order valence-corrected chi connectivity index (χ2v) is 5.91. The first-order valence-corrected chi connectivity index (χ1v) is 6.81. The average Bonchev–Trinajstić information content (AvgIpc) is 3.21. The van der Waals surface area contributed by atoms with E-state index in [2.05, 4.69) is 10.4 Å². The van der Waals surface area contributed by atoms with Gasteiger partial charge in [-0.25, -0.2) is 4.68 Å². The number of alkyl halides is 3. The van der Waals surface area contributed by atoms with Gasteiger partial charge in [0.05, 0.1) is 11.2 Å². The molecule has 1 aromatic rings. The molecule has 4 nitrogen and oxygen atoms in total. The number of aromatic nitrogens is 2. The molecule has 2 saturated carbocycles. The summed E-state index contributed by atoms with van der Waals surface area (Å²) in [5, 5.41) is 6.12. The van der Waals surface area contributed by atoms with Gasteiger partial charge in [0, 0.05) is 6.54 Å². The number of rotatable bonds is 4. The Morgan fingerprint density at radius 2 is 2.10 bits per heavy atom. The first-order chi connectivity index (χ1) is 9.32. The molecule has 110 valence electrons. The van der Waals surface area contributed by atoms with Crippen LogP contribution in [0, 0.1) is 5.92 Å². The van der Waals surface area contributed by atoms with E-state index in [1.807, 2.05) is 0 Å². The lowest BCUT2D eigenvalue weighted by Crippen LogP contribution is -2.41. The van der Waals surface area contributed by atoms with Gasteiger partial charge in [0.2, 0.25) is 0 Å².